The van der Waals surface area contributed by atoms with Gasteiger partial charge in [0.25, 0.3) is 0 Å². The Balaban J connectivity index is 1.24. The van der Waals surface area contributed by atoms with E-state index < -0.39 is 0 Å². The molecule has 7 aromatic carbocycles. The predicted molar refractivity (Wildman–Crippen MR) is 188 cm³/mol. The highest BCUT2D eigenvalue weighted by Gasteiger charge is 2.17. The van der Waals surface area contributed by atoms with Crippen molar-refractivity contribution in [3.63, 3.8) is 0 Å². The molecule has 0 atom stereocenters. The molecule has 0 unspecified atom stereocenters. The lowest BCUT2D eigenvalue weighted by atomic mass is 9.85. The molecule has 8 aromatic rings. The summed E-state index contributed by atoms with van der Waals surface area (Å²) >= 11 is 1.88. The topological polar surface area (TPSA) is 0 Å². The van der Waals surface area contributed by atoms with Crippen molar-refractivity contribution in [2.45, 2.75) is 12.8 Å². The molecule has 202 valence electrons. The van der Waals surface area contributed by atoms with Crippen molar-refractivity contribution in [1.82, 2.24) is 0 Å². The second-order valence-electron chi connectivity index (χ2n) is 11.6. The van der Waals surface area contributed by atoms with E-state index in [1.807, 2.05) is 11.3 Å². The van der Waals surface area contributed by atoms with E-state index in [0.717, 1.165) is 12.8 Å². The highest BCUT2D eigenvalue weighted by Crippen LogP contribution is 2.45. The van der Waals surface area contributed by atoms with Crippen molar-refractivity contribution < 1.29 is 0 Å². The smallest absolute Gasteiger partial charge is 0.0355 e. The van der Waals surface area contributed by atoms with E-state index in [-0.39, 0.29) is 0 Å². The first-order chi connectivity index (χ1) is 21.3. The summed E-state index contributed by atoms with van der Waals surface area (Å²) in [5, 5.41) is 7.84. The second kappa shape index (κ2) is 9.80. The largest absolute Gasteiger partial charge is 0.135 e. The number of allylic oxidation sites excluding steroid dienone is 1. The number of rotatable bonds is 3. The van der Waals surface area contributed by atoms with Crippen LogP contribution in [-0.2, 0) is 6.42 Å². The van der Waals surface area contributed by atoms with Gasteiger partial charge in [0.15, 0.2) is 0 Å². The van der Waals surface area contributed by atoms with Crippen LogP contribution in [0.2, 0.25) is 0 Å². The van der Waals surface area contributed by atoms with Crippen LogP contribution in [0.15, 0.2) is 140 Å². The van der Waals surface area contributed by atoms with Crippen LogP contribution < -0.4 is 0 Å². The Kier molecular flexibility index (Phi) is 5.61. The third-order valence-electron chi connectivity index (χ3n) is 9.13. The lowest BCUT2D eigenvalue weighted by Gasteiger charge is -2.18. The van der Waals surface area contributed by atoms with Crippen LogP contribution in [0, 0.1) is 0 Å². The third kappa shape index (κ3) is 3.96. The fourth-order valence-electron chi connectivity index (χ4n) is 7.07. The predicted octanol–water partition coefficient (Wildman–Crippen LogP) is 12.3. The van der Waals surface area contributed by atoms with Crippen LogP contribution >= 0.6 is 11.3 Å². The molecule has 1 heterocycles. The lowest BCUT2D eigenvalue weighted by molar-refractivity contribution is 0.986. The molecule has 1 heteroatoms. The normalized spacial score (nSPS) is 12.8. The fourth-order valence-corrected chi connectivity index (χ4v) is 8.15. The van der Waals surface area contributed by atoms with E-state index in [1.54, 1.807) is 0 Å². The van der Waals surface area contributed by atoms with Gasteiger partial charge in [0.1, 0.15) is 0 Å². The molecule has 9 rings (SSSR count). The maximum absolute atomic E-state index is 2.41. The molecule has 1 aliphatic rings. The molecule has 1 aliphatic carbocycles. The zero-order valence-electron chi connectivity index (χ0n) is 23.7. The van der Waals surface area contributed by atoms with Gasteiger partial charge in [0.05, 0.1) is 0 Å². The SMILES string of the molecule is C1=Cc2cc(-c3ccc(-c4c5ccccc5c(-c5ccc6sc7ccccc7c6c5)c5ccccc45)cc3)ccc2CC1. The quantitative estimate of drug-likeness (QED) is 0.187. The molecule has 0 saturated carbocycles. The van der Waals surface area contributed by atoms with Crippen LogP contribution in [0.5, 0.6) is 0 Å². The molecule has 0 nitrogen and oxygen atoms in total. The molecule has 0 spiro atoms. The molecule has 0 N–H and O–H groups in total. The van der Waals surface area contributed by atoms with Gasteiger partial charge < -0.3 is 0 Å². The Morgan fingerprint density at radius 3 is 1.70 bits per heavy atom. The van der Waals surface area contributed by atoms with Crippen molar-refractivity contribution in [1.29, 1.82) is 0 Å². The molecular formula is C42H28S. The minimum Gasteiger partial charge on any atom is -0.135 e. The van der Waals surface area contributed by atoms with E-state index in [2.05, 4.69) is 146 Å². The number of hydrogen-bond acceptors (Lipinski definition) is 1. The maximum atomic E-state index is 2.41. The van der Waals surface area contributed by atoms with Crippen molar-refractivity contribution >= 4 is 59.1 Å². The minimum atomic E-state index is 1.14. The number of hydrogen-bond donors (Lipinski definition) is 0. The molecular weight excluding hydrogens is 537 g/mol. The average molecular weight is 565 g/mol. The second-order valence-corrected chi connectivity index (χ2v) is 12.7. The standard InChI is InChI=1S/C42H28S/c1-2-10-30-25-31(22-19-27(30)9-1)28-17-20-29(21-18-28)41-34-12-3-5-14-36(34)42(37-15-6-4-13-35(37)41)32-23-24-40-38(26-32)33-11-7-8-16-39(33)43-40/h2-8,10-26H,1,9H2. The average Bonchev–Trinajstić information content (AvgIpc) is 3.45. The Hall–Kier alpha value is -4.98. The van der Waals surface area contributed by atoms with E-state index in [9.17, 15) is 0 Å². The summed E-state index contributed by atoms with van der Waals surface area (Å²) in [6.07, 6.45) is 6.84. The van der Waals surface area contributed by atoms with Gasteiger partial charge in [-0.1, -0.05) is 121 Å². The maximum Gasteiger partial charge on any atom is 0.0355 e. The van der Waals surface area contributed by atoms with E-state index >= 15 is 0 Å². The van der Waals surface area contributed by atoms with Gasteiger partial charge in [-0.3, -0.25) is 0 Å². The minimum absolute atomic E-state index is 1.14. The van der Waals surface area contributed by atoms with E-state index in [1.165, 1.54) is 86.2 Å². The summed E-state index contributed by atoms with van der Waals surface area (Å²) in [7, 11) is 0. The zero-order chi connectivity index (χ0) is 28.3. The van der Waals surface area contributed by atoms with Gasteiger partial charge in [0, 0.05) is 20.2 Å². The van der Waals surface area contributed by atoms with Crippen molar-refractivity contribution in [2.24, 2.45) is 0 Å². The molecule has 0 fully saturated rings. The van der Waals surface area contributed by atoms with Gasteiger partial charge in [-0.2, -0.15) is 0 Å². The van der Waals surface area contributed by atoms with E-state index in [4.69, 9.17) is 0 Å². The molecule has 1 aromatic heterocycles. The van der Waals surface area contributed by atoms with Crippen molar-refractivity contribution in [2.75, 3.05) is 0 Å². The number of aryl methyl sites for hydroxylation is 1. The summed E-state index contributed by atoms with van der Waals surface area (Å²) < 4.78 is 2.68. The number of thiophene rings is 1. The van der Waals surface area contributed by atoms with Gasteiger partial charge in [-0.05, 0) is 103 Å². The van der Waals surface area contributed by atoms with Crippen LogP contribution in [0.1, 0.15) is 17.5 Å². The summed E-state index contributed by atoms with van der Waals surface area (Å²) in [4.78, 5) is 0. The Bertz CT molecular complexity index is 2330. The van der Waals surface area contributed by atoms with Crippen LogP contribution in [0.25, 0.3) is 81.2 Å². The Morgan fingerprint density at radius 2 is 0.977 bits per heavy atom. The highest BCUT2D eigenvalue weighted by molar-refractivity contribution is 7.25. The zero-order valence-corrected chi connectivity index (χ0v) is 24.5. The van der Waals surface area contributed by atoms with Crippen LogP contribution in [0.4, 0.5) is 0 Å². The highest BCUT2D eigenvalue weighted by atomic mass is 32.1. The third-order valence-corrected chi connectivity index (χ3v) is 10.3. The van der Waals surface area contributed by atoms with Crippen LogP contribution in [-0.4, -0.2) is 0 Å². The Labute approximate surface area is 255 Å². The van der Waals surface area contributed by atoms with Crippen molar-refractivity contribution in [3.8, 4) is 33.4 Å². The fraction of sp³-hybridized carbons (Fsp3) is 0.0476. The van der Waals surface area contributed by atoms with E-state index in [0.29, 0.717) is 0 Å². The van der Waals surface area contributed by atoms with Gasteiger partial charge in [-0.15, -0.1) is 11.3 Å². The van der Waals surface area contributed by atoms with Crippen molar-refractivity contribution in [3.05, 3.63) is 151 Å². The lowest BCUT2D eigenvalue weighted by Crippen LogP contribution is -1.94. The van der Waals surface area contributed by atoms with Crippen LogP contribution in [0.3, 0.4) is 0 Å². The molecule has 0 amide bonds. The first-order valence-electron chi connectivity index (χ1n) is 15.1. The molecule has 0 bridgehead atoms. The number of benzene rings is 7. The Morgan fingerprint density at radius 1 is 0.419 bits per heavy atom. The monoisotopic (exact) mass is 564 g/mol. The van der Waals surface area contributed by atoms with Gasteiger partial charge >= 0.3 is 0 Å². The molecule has 0 saturated heterocycles. The summed E-state index contributed by atoms with van der Waals surface area (Å²) in [5.74, 6) is 0. The first-order valence-corrected chi connectivity index (χ1v) is 15.9. The summed E-state index contributed by atoms with van der Waals surface area (Å²) in [6, 6.07) is 49.8. The van der Waals surface area contributed by atoms with Gasteiger partial charge in [-0.25, -0.2) is 0 Å². The molecule has 0 aliphatic heterocycles. The molecule has 0 radical (unpaired) electrons. The summed E-state index contributed by atoms with van der Waals surface area (Å²) in [6.45, 7) is 0. The summed E-state index contributed by atoms with van der Waals surface area (Å²) in [5.41, 5.74) is 10.5. The first kappa shape index (κ1) is 24.6. The molecule has 43 heavy (non-hydrogen) atoms. The number of fused-ring (bicyclic) bond motifs is 6. The van der Waals surface area contributed by atoms with Gasteiger partial charge in [0.2, 0.25) is 0 Å².